The maximum Gasteiger partial charge on any atom is 0.472 e. The summed E-state index contributed by atoms with van der Waals surface area (Å²) in [6, 6.07) is 0. The normalized spacial score (nSPS) is 13.8. The Balaban J connectivity index is 5.18. The fourth-order valence-corrected chi connectivity index (χ4v) is 14.2. The number of phosphoric ester groups is 2. The average Bonchev–Trinajstić information content (AvgIpc) is 0.924. The van der Waals surface area contributed by atoms with Crippen molar-refractivity contribution in [1.82, 2.24) is 0 Å². The number of aliphatic hydroxyl groups is 1. The summed E-state index contributed by atoms with van der Waals surface area (Å²) in [5.41, 5.74) is 0. The Morgan fingerprint density at radius 3 is 0.680 bits per heavy atom. The van der Waals surface area contributed by atoms with E-state index in [1.165, 1.54) is 244 Å². The lowest BCUT2D eigenvalue weighted by atomic mass is 10.0. The van der Waals surface area contributed by atoms with Gasteiger partial charge in [-0.15, -0.1) is 0 Å². The zero-order valence-corrected chi connectivity index (χ0v) is 67.1. The molecule has 0 amide bonds. The highest BCUT2D eigenvalue weighted by Gasteiger charge is 2.30. The van der Waals surface area contributed by atoms with Crippen molar-refractivity contribution < 1.29 is 80.2 Å². The van der Waals surface area contributed by atoms with Crippen LogP contribution in [-0.2, 0) is 65.4 Å². The van der Waals surface area contributed by atoms with Gasteiger partial charge in [0.15, 0.2) is 12.2 Å². The Morgan fingerprint density at radius 2 is 0.460 bits per heavy atom. The van der Waals surface area contributed by atoms with Crippen LogP contribution >= 0.6 is 15.6 Å². The molecule has 0 aliphatic rings. The Morgan fingerprint density at radius 1 is 0.270 bits per heavy atom. The third-order valence-electron chi connectivity index (χ3n) is 19.0. The van der Waals surface area contributed by atoms with Crippen LogP contribution in [0.5, 0.6) is 0 Å². The van der Waals surface area contributed by atoms with E-state index in [2.05, 4.69) is 34.6 Å². The maximum absolute atomic E-state index is 13.1. The van der Waals surface area contributed by atoms with Gasteiger partial charge in [-0.2, -0.15) is 0 Å². The van der Waals surface area contributed by atoms with Crippen LogP contribution in [0.1, 0.15) is 433 Å². The molecule has 0 heterocycles. The highest BCUT2D eigenvalue weighted by Crippen LogP contribution is 2.45. The van der Waals surface area contributed by atoms with Crippen LogP contribution in [0.4, 0.5) is 0 Å². The number of carbonyl (C=O) groups excluding carboxylic acids is 4. The quantitative estimate of drug-likeness (QED) is 0.0222. The van der Waals surface area contributed by atoms with Crippen molar-refractivity contribution >= 4 is 39.5 Å². The summed E-state index contributed by atoms with van der Waals surface area (Å²) >= 11 is 0. The van der Waals surface area contributed by atoms with Crippen LogP contribution in [0, 0.1) is 5.92 Å². The fraction of sp³-hybridized carbons (Fsp3) is 0.951. The number of hydrogen-bond donors (Lipinski definition) is 3. The molecule has 0 spiro atoms. The van der Waals surface area contributed by atoms with Crippen LogP contribution in [-0.4, -0.2) is 96.7 Å². The standard InChI is InChI=1S/C81H158O17P2/c1-6-9-12-15-18-20-22-24-26-28-29-30-34-39-43-47-52-57-62-67-81(86)98-77(71-92-79(84)65-60-55-50-45-41-37-35-31-32-36-40-44-49-53-58-63-74(4)5)73-96-100(89,90)94-69-75(82)68-93-99(87,88)95-72-76(70-91-78(83)64-59-54-48-17-14-11-8-3)97-80(85)66-61-56-51-46-42-38-33-27-25-23-21-19-16-13-10-7-2/h74-77,82H,6-73H2,1-5H3,(H,87,88)(H,89,90)/t75-,76+,77+/m0/s1. The molecule has 0 saturated carbocycles. The molecule has 0 fully saturated rings. The lowest BCUT2D eigenvalue weighted by Crippen LogP contribution is -2.30. The Labute approximate surface area is 613 Å². The van der Waals surface area contributed by atoms with Gasteiger partial charge in [0, 0.05) is 25.7 Å². The Bertz CT molecular complexity index is 1910. The highest BCUT2D eigenvalue weighted by atomic mass is 31.2. The van der Waals surface area contributed by atoms with Crippen molar-refractivity contribution in [1.29, 1.82) is 0 Å². The average molecular weight is 1470 g/mol. The summed E-state index contributed by atoms with van der Waals surface area (Å²) in [6.45, 7) is 7.32. The summed E-state index contributed by atoms with van der Waals surface area (Å²) in [5, 5.41) is 10.6. The minimum Gasteiger partial charge on any atom is -0.462 e. The molecule has 100 heavy (non-hydrogen) atoms. The second-order valence-corrected chi connectivity index (χ2v) is 32.5. The van der Waals surface area contributed by atoms with E-state index in [0.717, 1.165) is 109 Å². The number of esters is 4. The van der Waals surface area contributed by atoms with Gasteiger partial charge in [-0.05, 0) is 31.6 Å². The van der Waals surface area contributed by atoms with E-state index in [9.17, 15) is 43.2 Å². The van der Waals surface area contributed by atoms with Crippen molar-refractivity contribution in [3.8, 4) is 0 Å². The molecular formula is C81H158O17P2. The van der Waals surface area contributed by atoms with Gasteiger partial charge in [0.1, 0.15) is 19.3 Å². The number of aliphatic hydroxyl groups excluding tert-OH is 1. The van der Waals surface area contributed by atoms with Crippen LogP contribution in [0.15, 0.2) is 0 Å². The Hall–Kier alpha value is -1.94. The van der Waals surface area contributed by atoms with Crippen molar-refractivity contribution in [3.05, 3.63) is 0 Å². The highest BCUT2D eigenvalue weighted by molar-refractivity contribution is 7.47. The molecule has 0 saturated heterocycles. The molecule has 17 nitrogen and oxygen atoms in total. The van der Waals surface area contributed by atoms with Crippen LogP contribution < -0.4 is 0 Å². The minimum absolute atomic E-state index is 0.108. The predicted molar refractivity (Wildman–Crippen MR) is 409 cm³/mol. The van der Waals surface area contributed by atoms with E-state index < -0.39 is 97.5 Å². The number of unbranched alkanes of at least 4 members (excludes halogenated alkanes) is 53. The first-order valence-electron chi connectivity index (χ1n) is 42.1. The van der Waals surface area contributed by atoms with E-state index in [4.69, 9.17) is 37.0 Å². The second kappa shape index (κ2) is 73.9. The second-order valence-electron chi connectivity index (χ2n) is 29.6. The monoisotopic (exact) mass is 1470 g/mol. The summed E-state index contributed by atoms with van der Waals surface area (Å²) in [4.78, 5) is 72.9. The van der Waals surface area contributed by atoms with Gasteiger partial charge < -0.3 is 33.8 Å². The first-order valence-corrected chi connectivity index (χ1v) is 45.1. The van der Waals surface area contributed by atoms with Crippen LogP contribution in [0.2, 0.25) is 0 Å². The largest absolute Gasteiger partial charge is 0.472 e. The first-order chi connectivity index (χ1) is 48.5. The van der Waals surface area contributed by atoms with E-state index in [-0.39, 0.29) is 25.7 Å². The molecule has 5 atom stereocenters. The molecule has 594 valence electrons. The van der Waals surface area contributed by atoms with Gasteiger partial charge in [0.25, 0.3) is 0 Å². The number of rotatable bonds is 81. The lowest BCUT2D eigenvalue weighted by molar-refractivity contribution is -0.161. The fourth-order valence-electron chi connectivity index (χ4n) is 12.6. The van der Waals surface area contributed by atoms with E-state index >= 15 is 0 Å². The van der Waals surface area contributed by atoms with Crippen molar-refractivity contribution in [2.24, 2.45) is 5.92 Å². The van der Waals surface area contributed by atoms with Crippen molar-refractivity contribution in [2.45, 2.75) is 451 Å². The van der Waals surface area contributed by atoms with Gasteiger partial charge in [-0.25, -0.2) is 9.13 Å². The summed E-state index contributed by atoms with van der Waals surface area (Å²) in [5.74, 6) is -1.30. The number of phosphoric acid groups is 2. The van der Waals surface area contributed by atoms with Gasteiger partial charge in [-0.3, -0.25) is 37.3 Å². The lowest BCUT2D eigenvalue weighted by Gasteiger charge is -2.21. The molecule has 3 N–H and O–H groups in total. The minimum atomic E-state index is -4.96. The van der Waals surface area contributed by atoms with E-state index in [0.29, 0.717) is 25.7 Å². The zero-order chi connectivity index (χ0) is 73.4. The van der Waals surface area contributed by atoms with Crippen LogP contribution in [0.3, 0.4) is 0 Å². The zero-order valence-electron chi connectivity index (χ0n) is 65.3. The molecule has 2 unspecified atom stereocenters. The van der Waals surface area contributed by atoms with Gasteiger partial charge in [-0.1, -0.05) is 381 Å². The molecular weight excluding hydrogens is 1310 g/mol. The van der Waals surface area contributed by atoms with Gasteiger partial charge in [0.2, 0.25) is 0 Å². The molecule has 0 aromatic heterocycles. The molecule has 0 bridgehead atoms. The SMILES string of the molecule is CCCCCCCCCCCCCCCCCCCCCC(=O)O[C@H](COC(=O)CCCCCCCCCCCCCCCCCC(C)C)COP(=O)(O)OC[C@@H](O)COP(=O)(O)OC[C@@H](COC(=O)CCCCCCCCC)OC(=O)CCCCCCCCCCCCCCCCCC. The molecule has 19 heteroatoms. The van der Waals surface area contributed by atoms with Crippen molar-refractivity contribution in [2.75, 3.05) is 39.6 Å². The molecule has 0 aromatic rings. The Kier molecular flexibility index (Phi) is 72.5. The molecule has 0 rings (SSSR count). The maximum atomic E-state index is 13.1. The summed E-state index contributed by atoms with van der Waals surface area (Å²) in [6.07, 6.45) is 65.4. The van der Waals surface area contributed by atoms with Gasteiger partial charge in [0.05, 0.1) is 26.4 Å². The van der Waals surface area contributed by atoms with E-state index in [1.54, 1.807) is 0 Å². The number of ether oxygens (including phenoxy) is 4. The number of carbonyl (C=O) groups is 4. The molecule has 0 aliphatic heterocycles. The third kappa shape index (κ3) is 74.3. The third-order valence-corrected chi connectivity index (χ3v) is 20.9. The van der Waals surface area contributed by atoms with Crippen molar-refractivity contribution in [3.63, 3.8) is 0 Å². The summed E-state index contributed by atoms with van der Waals surface area (Å²) < 4.78 is 68.6. The first kappa shape index (κ1) is 98.1. The number of hydrogen-bond acceptors (Lipinski definition) is 15. The predicted octanol–water partition coefficient (Wildman–Crippen LogP) is 24.4. The smallest absolute Gasteiger partial charge is 0.462 e. The molecule has 0 radical (unpaired) electrons. The van der Waals surface area contributed by atoms with Gasteiger partial charge >= 0.3 is 39.5 Å². The molecule has 0 aliphatic carbocycles. The molecule has 0 aromatic carbocycles. The summed E-state index contributed by atoms with van der Waals surface area (Å²) in [7, 11) is -9.91. The van der Waals surface area contributed by atoms with E-state index in [1.807, 2.05) is 0 Å². The topological polar surface area (TPSA) is 237 Å². The van der Waals surface area contributed by atoms with Crippen LogP contribution in [0.25, 0.3) is 0 Å².